The fourth-order valence-corrected chi connectivity index (χ4v) is 0.554. The number of esters is 1. The highest BCUT2D eigenvalue weighted by atomic mass is 32.1. The number of ether oxygens (including phenoxy) is 1. The molecule has 0 spiro atoms. The summed E-state index contributed by atoms with van der Waals surface area (Å²) in [6.07, 6.45) is 2.57. The molecule has 3 nitrogen and oxygen atoms in total. The maximum Gasteiger partial charge on any atom is 0.305 e. The monoisotopic (exact) mass is 178 g/mol. The maximum absolute atomic E-state index is 10.6. The Labute approximate surface area is 72.6 Å². The van der Waals surface area contributed by atoms with Crippen LogP contribution in [0.2, 0.25) is 0 Å². The average Bonchev–Trinajstić information content (AvgIpc) is 2.05. The van der Waals surface area contributed by atoms with Gasteiger partial charge in [0.2, 0.25) is 0 Å². The summed E-state index contributed by atoms with van der Waals surface area (Å²) >= 11 is 2.83. The zero-order valence-corrected chi connectivity index (χ0v) is 7.78. The van der Waals surface area contributed by atoms with Gasteiger partial charge in [-0.1, -0.05) is 13.3 Å². The fraction of sp³-hybridized carbons (Fsp3) is 0.857. The van der Waals surface area contributed by atoms with Gasteiger partial charge in [-0.15, -0.1) is 0 Å². The van der Waals surface area contributed by atoms with Crippen LogP contribution in [0.25, 0.3) is 0 Å². The van der Waals surface area contributed by atoms with Gasteiger partial charge in [0.1, 0.15) is 0 Å². The van der Waals surface area contributed by atoms with E-state index in [1.807, 2.05) is 6.92 Å². The Bertz CT molecular complexity index is 95.7. The van der Waals surface area contributed by atoms with E-state index in [2.05, 4.69) is 19.5 Å². The third kappa shape index (κ3) is 12.6. The predicted molar refractivity (Wildman–Crippen MR) is 44.3 cm³/mol. The van der Waals surface area contributed by atoms with E-state index in [9.17, 15) is 4.79 Å². The van der Waals surface area contributed by atoms with E-state index in [1.165, 1.54) is 0 Å². The van der Waals surface area contributed by atoms with Crippen molar-refractivity contribution in [2.45, 2.75) is 33.1 Å². The highest BCUT2D eigenvalue weighted by Crippen LogP contribution is 1.95. The van der Waals surface area contributed by atoms with Crippen LogP contribution in [-0.4, -0.2) is 16.8 Å². The standard InChI is InChI=1S/C7H14O2.OS/c1-3-5-6-7(8)9-4-2;1-2/h3-6H2,1-2H3;. The van der Waals surface area contributed by atoms with Crippen LogP contribution in [0.1, 0.15) is 33.1 Å². The van der Waals surface area contributed by atoms with Gasteiger partial charge in [-0.25, -0.2) is 0 Å². The van der Waals surface area contributed by atoms with Crippen molar-refractivity contribution in [2.24, 2.45) is 0 Å². The number of hydrogen-bond donors (Lipinski definition) is 0. The molecule has 0 radical (unpaired) electrons. The zero-order chi connectivity index (χ0) is 9.11. The predicted octanol–water partition coefficient (Wildman–Crippen LogP) is 1.40. The summed E-state index contributed by atoms with van der Waals surface area (Å²) in [5.74, 6) is -0.0700. The topological polar surface area (TPSA) is 43.4 Å². The molecule has 0 aliphatic heterocycles. The molecule has 0 rings (SSSR count). The molecule has 0 fully saturated rings. The largest absolute Gasteiger partial charge is 0.466 e. The minimum atomic E-state index is -0.0700. The van der Waals surface area contributed by atoms with Crippen molar-refractivity contribution in [1.82, 2.24) is 0 Å². The summed E-state index contributed by atoms with van der Waals surface area (Å²) in [6.45, 7) is 4.38. The van der Waals surface area contributed by atoms with Crippen molar-refractivity contribution in [3.63, 3.8) is 0 Å². The summed E-state index contributed by atoms with van der Waals surface area (Å²) < 4.78 is 12.5. The minimum Gasteiger partial charge on any atom is -0.466 e. The number of rotatable bonds is 4. The highest BCUT2D eigenvalue weighted by molar-refractivity contribution is 7.44. The molecule has 0 amide bonds. The van der Waals surface area contributed by atoms with E-state index in [1.54, 1.807) is 0 Å². The van der Waals surface area contributed by atoms with E-state index >= 15 is 0 Å². The molecule has 0 unspecified atom stereocenters. The Morgan fingerprint density at radius 2 is 1.91 bits per heavy atom. The van der Waals surface area contributed by atoms with E-state index in [0.717, 1.165) is 12.8 Å². The average molecular weight is 178 g/mol. The van der Waals surface area contributed by atoms with Crippen molar-refractivity contribution >= 4 is 18.5 Å². The first kappa shape index (κ1) is 13.1. The van der Waals surface area contributed by atoms with Gasteiger partial charge in [-0.3, -0.25) is 4.79 Å². The molecular weight excluding hydrogens is 164 g/mol. The number of carbonyl (C=O) groups is 1. The second-order valence-corrected chi connectivity index (χ2v) is 1.91. The van der Waals surface area contributed by atoms with Crippen LogP contribution in [0.4, 0.5) is 0 Å². The van der Waals surface area contributed by atoms with Gasteiger partial charge in [0.05, 0.1) is 6.61 Å². The van der Waals surface area contributed by atoms with Gasteiger partial charge >= 0.3 is 5.97 Å². The van der Waals surface area contributed by atoms with E-state index < -0.39 is 0 Å². The molecule has 0 bridgehead atoms. The van der Waals surface area contributed by atoms with Crippen LogP contribution in [0.5, 0.6) is 0 Å². The Hall–Kier alpha value is -0.510. The van der Waals surface area contributed by atoms with Crippen molar-refractivity contribution in [2.75, 3.05) is 6.61 Å². The molecule has 66 valence electrons. The first-order valence-electron chi connectivity index (χ1n) is 3.63. The first-order valence-corrected chi connectivity index (χ1v) is 3.96. The third-order valence-electron chi connectivity index (χ3n) is 1.04. The second-order valence-electron chi connectivity index (χ2n) is 1.91. The first-order chi connectivity index (χ1) is 5.31. The van der Waals surface area contributed by atoms with Gasteiger partial charge in [0.25, 0.3) is 0 Å². The fourth-order valence-electron chi connectivity index (χ4n) is 0.554. The van der Waals surface area contributed by atoms with Gasteiger partial charge < -0.3 is 4.74 Å². The second kappa shape index (κ2) is 12.2. The summed E-state index contributed by atoms with van der Waals surface area (Å²) in [5.41, 5.74) is 0. The molecule has 0 saturated carbocycles. The number of carbonyl (C=O) groups excluding carboxylic acids is 1. The molecule has 11 heavy (non-hydrogen) atoms. The molecule has 0 N–H and O–H groups in total. The lowest BCUT2D eigenvalue weighted by Gasteiger charge is -1.97. The number of hydrogen-bond acceptors (Lipinski definition) is 4. The number of unbranched alkanes of at least 4 members (excludes halogenated alkanes) is 1. The van der Waals surface area contributed by atoms with Crippen molar-refractivity contribution in [3.05, 3.63) is 0 Å². The molecule has 0 aliphatic carbocycles. The van der Waals surface area contributed by atoms with Crippen LogP contribution in [0.3, 0.4) is 0 Å². The molecule has 0 heterocycles. The van der Waals surface area contributed by atoms with Gasteiger partial charge in [-0.05, 0) is 13.3 Å². The Morgan fingerprint density at radius 3 is 2.27 bits per heavy atom. The summed E-state index contributed by atoms with van der Waals surface area (Å²) in [7, 11) is 0. The summed E-state index contributed by atoms with van der Waals surface area (Å²) in [6, 6.07) is 0. The van der Waals surface area contributed by atoms with E-state index in [-0.39, 0.29) is 5.97 Å². The Balaban J connectivity index is 0. The van der Waals surface area contributed by atoms with E-state index in [0.29, 0.717) is 13.0 Å². The van der Waals surface area contributed by atoms with Crippen LogP contribution >= 0.6 is 0 Å². The SMILES string of the molecule is CCCCC(=O)OCC.O=S. The van der Waals surface area contributed by atoms with E-state index in [4.69, 9.17) is 8.95 Å². The molecule has 0 aromatic heterocycles. The maximum atomic E-state index is 10.6. The molecule has 0 aliphatic rings. The zero-order valence-electron chi connectivity index (χ0n) is 6.96. The molecule has 0 aromatic carbocycles. The summed E-state index contributed by atoms with van der Waals surface area (Å²) in [5, 5.41) is 0. The lowest BCUT2D eigenvalue weighted by atomic mass is 10.3. The minimum absolute atomic E-state index is 0.0700. The normalized spacial score (nSPS) is 7.82. The molecular formula is C7H14O3S. The van der Waals surface area contributed by atoms with Gasteiger partial charge in [0, 0.05) is 6.42 Å². The van der Waals surface area contributed by atoms with Crippen molar-refractivity contribution in [3.8, 4) is 0 Å². The van der Waals surface area contributed by atoms with Crippen LogP contribution in [0, 0.1) is 0 Å². The van der Waals surface area contributed by atoms with Crippen LogP contribution in [-0.2, 0) is 22.1 Å². The van der Waals surface area contributed by atoms with Crippen molar-refractivity contribution < 1.29 is 13.7 Å². The summed E-state index contributed by atoms with van der Waals surface area (Å²) in [4.78, 5) is 10.6. The third-order valence-corrected chi connectivity index (χ3v) is 1.04. The highest BCUT2D eigenvalue weighted by Gasteiger charge is 1.97. The van der Waals surface area contributed by atoms with Gasteiger partial charge in [0.15, 0.2) is 12.5 Å². The lowest BCUT2D eigenvalue weighted by molar-refractivity contribution is -0.143. The van der Waals surface area contributed by atoms with Crippen molar-refractivity contribution in [1.29, 1.82) is 0 Å². The smallest absolute Gasteiger partial charge is 0.305 e. The van der Waals surface area contributed by atoms with Gasteiger partial charge in [-0.2, -0.15) is 4.21 Å². The van der Waals surface area contributed by atoms with Crippen LogP contribution in [0.15, 0.2) is 0 Å². The molecule has 0 aromatic rings. The molecule has 0 atom stereocenters. The molecule has 4 heteroatoms. The van der Waals surface area contributed by atoms with Crippen LogP contribution < -0.4 is 0 Å². The quantitative estimate of drug-likeness (QED) is 0.610. The Morgan fingerprint density at radius 1 is 1.36 bits per heavy atom. The Kier molecular flexibility index (Phi) is 14.5. The molecule has 0 saturated heterocycles. The lowest BCUT2D eigenvalue weighted by Crippen LogP contribution is -2.02.